The topological polar surface area (TPSA) is 35.5 Å². The molecule has 0 heterocycles. The first-order valence-corrected chi connectivity index (χ1v) is 5.90. The molecule has 21 heavy (non-hydrogen) atoms. The fourth-order valence-corrected chi connectivity index (χ4v) is 1.30. The molecule has 0 aliphatic heterocycles. The number of hydrogen-bond acceptors (Lipinski definition) is 3. The van der Waals surface area contributed by atoms with E-state index in [1.807, 2.05) is 0 Å². The number of carbonyl (C=O) groups is 1. The van der Waals surface area contributed by atoms with Gasteiger partial charge in [0.2, 0.25) is 0 Å². The molecular formula is C11H15F7O3. The third-order valence-corrected chi connectivity index (χ3v) is 2.52. The van der Waals surface area contributed by atoms with Crippen molar-refractivity contribution in [1.82, 2.24) is 0 Å². The number of unbranched alkanes of at least 4 members (excludes halogenated alkanes) is 1. The Balaban J connectivity index is 4.63. The van der Waals surface area contributed by atoms with Gasteiger partial charge >= 0.3 is 24.0 Å². The summed E-state index contributed by atoms with van der Waals surface area (Å²) in [6.07, 6.45) is -6.89. The van der Waals surface area contributed by atoms with Crippen LogP contribution in [-0.4, -0.2) is 43.8 Å². The van der Waals surface area contributed by atoms with Gasteiger partial charge in [-0.05, 0) is 26.2 Å². The van der Waals surface area contributed by atoms with E-state index in [-0.39, 0.29) is 6.42 Å². The van der Waals surface area contributed by atoms with Gasteiger partial charge in [-0.1, -0.05) is 0 Å². The van der Waals surface area contributed by atoms with Crippen molar-refractivity contribution in [2.24, 2.45) is 0 Å². The highest BCUT2D eigenvalue weighted by atomic mass is 19.4. The predicted molar refractivity (Wildman–Crippen MR) is 57.2 cm³/mol. The van der Waals surface area contributed by atoms with Crippen LogP contribution in [0.25, 0.3) is 0 Å². The Morgan fingerprint density at radius 1 is 1.05 bits per heavy atom. The number of methoxy groups -OCH3 is 1. The van der Waals surface area contributed by atoms with E-state index in [1.165, 1.54) is 7.11 Å². The molecule has 0 bridgehead atoms. The summed E-state index contributed by atoms with van der Waals surface area (Å²) < 4.78 is 95.2. The molecule has 0 aromatic carbocycles. The highest BCUT2D eigenvalue weighted by Crippen LogP contribution is 2.47. The van der Waals surface area contributed by atoms with Gasteiger partial charge in [-0.15, -0.1) is 0 Å². The first-order valence-electron chi connectivity index (χ1n) is 5.90. The van der Waals surface area contributed by atoms with Crippen LogP contribution in [-0.2, 0) is 14.3 Å². The van der Waals surface area contributed by atoms with Crippen molar-refractivity contribution in [2.75, 3.05) is 13.7 Å². The number of ether oxygens (including phenoxy) is 2. The minimum atomic E-state index is -6.56. The standard InChI is InChI=1S/C11H15F7O3/c1-7(5-3-4-6-20-2)21-8(19)9(12,13)10(14,15)11(16,17)18/h7H,3-6H2,1-2H3. The Kier molecular flexibility index (Phi) is 6.91. The molecule has 0 amide bonds. The van der Waals surface area contributed by atoms with E-state index in [4.69, 9.17) is 0 Å². The van der Waals surface area contributed by atoms with Gasteiger partial charge in [-0.2, -0.15) is 30.7 Å². The maximum absolute atomic E-state index is 12.9. The minimum Gasteiger partial charge on any atom is -0.458 e. The van der Waals surface area contributed by atoms with Crippen LogP contribution >= 0.6 is 0 Å². The number of carbonyl (C=O) groups excluding carboxylic acids is 1. The van der Waals surface area contributed by atoms with Crippen LogP contribution in [0.4, 0.5) is 30.7 Å². The highest BCUT2D eigenvalue weighted by molar-refractivity contribution is 5.79. The molecule has 0 rings (SSSR count). The SMILES string of the molecule is COCCCCC(C)OC(=O)C(F)(F)C(F)(F)C(F)(F)F. The maximum atomic E-state index is 12.9. The van der Waals surface area contributed by atoms with Crippen LogP contribution in [0.15, 0.2) is 0 Å². The van der Waals surface area contributed by atoms with Crippen molar-refractivity contribution in [3.8, 4) is 0 Å². The van der Waals surface area contributed by atoms with E-state index < -0.39 is 30.1 Å². The summed E-state index contributed by atoms with van der Waals surface area (Å²) in [5.74, 6) is -15.4. The molecule has 1 atom stereocenters. The number of hydrogen-bond donors (Lipinski definition) is 0. The van der Waals surface area contributed by atoms with Gasteiger partial charge in [-0.25, -0.2) is 4.79 Å². The largest absolute Gasteiger partial charge is 0.460 e. The molecular weight excluding hydrogens is 313 g/mol. The summed E-state index contributed by atoms with van der Waals surface area (Å²) in [5, 5.41) is 0. The third-order valence-electron chi connectivity index (χ3n) is 2.52. The summed E-state index contributed by atoms with van der Waals surface area (Å²) in [4.78, 5) is 10.9. The molecule has 126 valence electrons. The molecule has 0 fully saturated rings. The highest BCUT2D eigenvalue weighted by Gasteiger charge is 2.77. The monoisotopic (exact) mass is 328 g/mol. The van der Waals surface area contributed by atoms with Gasteiger partial charge in [0.05, 0.1) is 6.10 Å². The summed E-state index contributed by atoms with van der Waals surface area (Å²) in [6, 6.07) is 0. The lowest BCUT2D eigenvalue weighted by Gasteiger charge is -2.27. The van der Waals surface area contributed by atoms with Crippen LogP contribution in [0.5, 0.6) is 0 Å². The second kappa shape index (κ2) is 7.28. The first-order chi connectivity index (χ1) is 9.38. The second-order valence-electron chi connectivity index (χ2n) is 4.35. The van der Waals surface area contributed by atoms with E-state index in [2.05, 4.69) is 9.47 Å². The Bertz CT molecular complexity index is 341. The molecule has 0 aliphatic rings. The van der Waals surface area contributed by atoms with Crippen molar-refractivity contribution in [3.05, 3.63) is 0 Å². The van der Waals surface area contributed by atoms with Gasteiger partial charge < -0.3 is 9.47 Å². The average molecular weight is 328 g/mol. The zero-order valence-electron chi connectivity index (χ0n) is 11.3. The lowest BCUT2D eigenvalue weighted by molar-refractivity contribution is -0.349. The molecule has 0 radical (unpaired) electrons. The van der Waals surface area contributed by atoms with Crippen molar-refractivity contribution < 1.29 is 45.0 Å². The molecule has 0 saturated carbocycles. The fourth-order valence-electron chi connectivity index (χ4n) is 1.30. The summed E-state index contributed by atoms with van der Waals surface area (Å²) in [6.45, 7) is 1.47. The molecule has 10 heteroatoms. The smallest absolute Gasteiger partial charge is 0.458 e. The first kappa shape index (κ1) is 19.9. The van der Waals surface area contributed by atoms with E-state index in [0.29, 0.717) is 19.4 Å². The normalized spacial score (nSPS) is 14.9. The summed E-state index contributed by atoms with van der Waals surface area (Å²) >= 11 is 0. The van der Waals surface area contributed by atoms with E-state index >= 15 is 0 Å². The Morgan fingerprint density at radius 2 is 1.57 bits per heavy atom. The number of rotatable bonds is 8. The maximum Gasteiger partial charge on any atom is 0.460 e. The van der Waals surface area contributed by atoms with Crippen LogP contribution in [0.2, 0.25) is 0 Å². The molecule has 0 N–H and O–H groups in total. The Labute approximate surface area is 116 Å². The molecule has 0 aromatic heterocycles. The Hall–Kier alpha value is -1.06. The fraction of sp³-hybridized carbons (Fsp3) is 0.909. The van der Waals surface area contributed by atoms with Crippen molar-refractivity contribution in [2.45, 2.75) is 50.3 Å². The van der Waals surface area contributed by atoms with Gasteiger partial charge in [0, 0.05) is 13.7 Å². The lowest BCUT2D eigenvalue weighted by atomic mass is 10.1. The average Bonchev–Trinajstić information content (AvgIpc) is 2.32. The zero-order chi connectivity index (χ0) is 16.9. The molecule has 1 unspecified atom stereocenters. The van der Waals surface area contributed by atoms with Crippen molar-refractivity contribution >= 4 is 5.97 Å². The van der Waals surface area contributed by atoms with E-state index in [9.17, 15) is 35.5 Å². The van der Waals surface area contributed by atoms with Gasteiger partial charge in [0.1, 0.15) is 0 Å². The van der Waals surface area contributed by atoms with Crippen LogP contribution in [0, 0.1) is 0 Å². The Morgan fingerprint density at radius 3 is 2.00 bits per heavy atom. The van der Waals surface area contributed by atoms with E-state index in [0.717, 1.165) is 6.92 Å². The van der Waals surface area contributed by atoms with Crippen molar-refractivity contribution in [1.29, 1.82) is 0 Å². The zero-order valence-corrected chi connectivity index (χ0v) is 11.3. The van der Waals surface area contributed by atoms with Gasteiger partial charge in [0.15, 0.2) is 0 Å². The molecule has 0 spiro atoms. The van der Waals surface area contributed by atoms with Gasteiger partial charge in [-0.3, -0.25) is 0 Å². The van der Waals surface area contributed by atoms with E-state index in [1.54, 1.807) is 0 Å². The second-order valence-corrected chi connectivity index (χ2v) is 4.35. The van der Waals surface area contributed by atoms with Gasteiger partial charge in [0.25, 0.3) is 0 Å². The quantitative estimate of drug-likeness (QED) is 0.388. The molecule has 0 aromatic rings. The molecule has 3 nitrogen and oxygen atoms in total. The van der Waals surface area contributed by atoms with Crippen molar-refractivity contribution in [3.63, 3.8) is 0 Å². The molecule has 0 saturated heterocycles. The molecule has 0 aliphatic carbocycles. The number of esters is 1. The third kappa shape index (κ3) is 5.01. The van der Waals surface area contributed by atoms with Crippen LogP contribution in [0.3, 0.4) is 0 Å². The predicted octanol–water partition coefficient (Wildman–Crippen LogP) is 3.57. The lowest BCUT2D eigenvalue weighted by Crippen LogP contribution is -2.57. The van der Waals surface area contributed by atoms with Crippen LogP contribution < -0.4 is 0 Å². The summed E-state index contributed by atoms with van der Waals surface area (Å²) in [5.41, 5.74) is 0. The van der Waals surface area contributed by atoms with Crippen LogP contribution in [0.1, 0.15) is 26.2 Å². The summed E-state index contributed by atoms with van der Waals surface area (Å²) in [7, 11) is 1.42. The number of halogens is 7. The number of alkyl halides is 7. The minimum absolute atomic E-state index is 0.0305.